The zero-order valence-corrected chi connectivity index (χ0v) is 17.5. The fourth-order valence-electron chi connectivity index (χ4n) is 5.48. The van der Waals surface area contributed by atoms with Crippen molar-refractivity contribution >= 4 is 5.97 Å². The molecule has 0 aromatic heterocycles. The van der Waals surface area contributed by atoms with Gasteiger partial charge in [-0.1, -0.05) is 49.4 Å². The van der Waals surface area contributed by atoms with Crippen molar-refractivity contribution in [3.8, 4) is 17.2 Å². The molecule has 3 aromatic carbocycles. The summed E-state index contributed by atoms with van der Waals surface area (Å²) in [6, 6.07) is 21.7. The van der Waals surface area contributed by atoms with Crippen LogP contribution >= 0.6 is 0 Å². The monoisotopic (exact) mass is 416 g/mol. The van der Waals surface area contributed by atoms with Gasteiger partial charge in [0.25, 0.3) is 0 Å². The minimum atomic E-state index is -0.809. The van der Waals surface area contributed by atoms with E-state index < -0.39 is 17.3 Å². The summed E-state index contributed by atoms with van der Waals surface area (Å²) in [7, 11) is 1.63. The summed E-state index contributed by atoms with van der Waals surface area (Å²) in [5, 5.41) is 10.6. The lowest BCUT2D eigenvalue weighted by Crippen LogP contribution is -2.39. The minimum absolute atomic E-state index is 0.188. The van der Waals surface area contributed by atoms with Crippen molar-refractivity contribution in [1.29, 1.82) is 0 Å². The number of fused-ring (bicyclic) bond motifs is 2. The second-order valence-electron chi connectivity index (χ2n) is 8.05. The summed E-state index contributed by atoms with van der Waals surface area (Å²) < 4.78 is 16.4. The van der Waals surface area contributed by atoms with Crippen LogP contribution in [0.25, 0.3) is 0 Å². The highest BCUT2D eigenvalue weighted by atomic mass is 16.7. The zero-order valence-electron chi connectivity index (χ0n) is 17.5. The van der Waals surface area contributed by atoms with Crippen molar-refractivity contribution in [1.82, 2.24) is 0 Å². The van der Waals surface area contributed by atoms with Gasteiger partial charge in [0.15, 0.2) is 11.5 Å². The van der Waals surface area contributed by atoms with Gasteiger partial charge in [0.1, 0.15) is 5.75 Å². The molecule has 1 aliphatic heterocycles. The molecule has 5 heteroatoms. The second-order valence-corrected chi connectivity index (χ2v) is 8.05. The SMILES string of the molecule is CCC1(c2ccc(OC)cc2)c2ccccc2C(c2ccc3c(c2)OCO3)C1C(=O)O. The summed E-state index contributed by atoms with van der Waals surface area (Å²) in [6.45, 7) is 2.26. The second kappa shape index (κ2) is 7.34. The summed E-state index contributed by atoms with van der Waals surface area (Å²) >= 11 is 0. The largest absolute Gasteiger partial charge is 0.497 e. The molecular formula is C26H24O5. The number of carboxylic acid groups (broad SMARTS) is 1. The van der Waals surface area contributed by atoms with Gasteiger partial charge in [-0.05, 0) is 52.9 Å². The van der Waals surface area contributed by atoms with E-state index in [2.05, 4.69) is 19.1 Å². The molecule has 0 spiro atoms. The van der Waals surface area contributed by atoms with Gasteiger partial charge in [0, 0.05) is 11.3 Å². The third-order valence-corrected chi connectivity index (χ3v) is 6.83. The molecule has 1 N–H and O–H groups in total. The summed E-state index contributed by atoms with van der Waals surface area (Å²) in [5.41, 5.74) is 3.37. The first-order chi connectivity index (χ1) is 15.1. The standard InChI is InChI=1S/C26H24O5/c1-3-26(17-9-11-18(29-2)12-10-17)20-7-5-4-6-19(20)23(24(26)25(27)28)16-8-13-21-22(14-16)31-15-30-21/h4-14,23-24H,3,15H2,1-2H3,(H,27,28). The Morgan fingerprint density at radius 3 is 2.52 bits per heavy atom. The number of hydrogen-bond acceptors (Lipinski definition) is 4. The Labute approximate surface area is 181 Å². The van der Waals surface area contributed by atoms with Gasteiger partial charge in [-0.15, -0.1) is 0 Å². The van der Waals surface area contributed by atoms with Crippen LogP contribution in [0.5, 0.6) is 17.2 Å². The topological polar surface area (TPSA) is 65.0 Å². The number of benzene rings is 3. The molecule has 0 radical (unpaired) electrons. The maximum atomic E-state index is 12.9. The van der Waals surface area contributed by atoms with Gasteiger partial charge >= 0.3 is 5.97 Å². The molecule has 3 atom stereocenters. The molecule has 31 heavy (non-hydrogen) atoms. The van der Waals surface area contributed by atoms with E-state index in [-0.39, 0.29) is 12.7 Å². The molecule has 158 valence electrons. The molecule has 0 bridgehead atoms. The highest BCUT2D eigenvalue weighted by Gasteiger charge is 2.56. The van der Waals surface area contributed by atoms with Crippen LogP contribution in [-0.2, 0) is 10.2 Å². The van der Waals surface area contributed by atoms with E-state index in [4.69, 9.17) is 14.2 Å². The Kier molecular flexibility index (Phi) is 4.62. The van der Waals surface area contributed by atoms with Crippen LogP contribution in [0.1, 0.15) is 41.5 Å². The third kappa shape index (κ3) is 2.80. The number of methoxy groups -OCH3 is 1. The first-order valence-electron chi connectivity index (χ1n) is 10.5. The molecule has 2 aliphatic rings. The minimum Gasteiger partial charge on any atom is -0.497 e. The maximum Gasteiger partial charge on any atom is 0.308 e. The van der Waals surface area contributed by atoms with Crippen LogP contribution < -0.4 is 14.2 Å². The quantitative estimate of drug-likeness (QED) is 0.636. The summed E-state index contributed by atoms with van der Waals surface area (Å²) in [6.07, 6.45) is 0.661. The van der Waals surface area contributed by atoms with Gasteiger partial charge < -0.3 is 19.3 Å². The van der Waals surface area contributed by atoms with Crippen LogP contribution in [0.15, 0.2) is 66.7 Å². The first-order valence-corrected chi connectivity index (χ1v) is 10.5. The lowest BCUT2D eigenvalue weighted by atomic mass is 9.65. The fraction of sp³-hybridized carbons (Fsp3) is 0.269. The average Bonchev–Trinajstić information content (AvgIpc) is 3.39. The predicted octanol–water partition coefficient (Wildman–Crippen LogP) is 4.97. The predicted molar refractivity (Wildman–Crippen MR) is 116 cm³/mol. The molecule has 3 unspecified atom stereocenters. The number of aliphatic carboxylic acids is 1. The van der Waals surface area contributed by atoms with Gasteiger partial charge in [-0.25, -0.2) is 0 Å². The van der Waals surface area contributed by atoms with Crippen LogP contribution in [-0.4, -0.2) is 25.0 Å². The fourth-order valence-corrected chi connectivity index (χ4v) is 5.48. The lowest BCUT2D eigenvalue weighted by molar-refractivity contribution is -0.144. The number of hydrogen-bond donors (Lipinski definition) is 1. The first kappa shape index (κ1) is 19.5. The Hall–Kier alpha value is -3.47. The Bertz CT molecular complexity index is 1140. The van der Waals surface area contributed by atoms with Crippen molar-refractivity contribution < 1.29 is 24.1 Å². The average molecular weight is 416 g/mol. The van der Waals surface area contributed by atoms with Gasteiger partial charge in [0.05, 0.1) is 13.0 Å². The highest BCUT2D eigenvalue weighted by molar-refractivity contribution is 5.80. The van der Waals surface area contributed by atoms with Crippen LogP contribution in [0, 0.1) is 5.92 Å². The molecule has 0 saturated carbocycles. The van der Waals surface area contributed by atoms with Crippen LogP contribution in [0.3, 0.4) is 0 Å². The molecule has 0 saturated heterocycles. The number of carbonyl (C=O) groups is 1. The number of carboxylic acids is 1. The number of rotatable bonds is 5. The Morgan fingerprint density at radius 1 is 1.06 bits per heavy atom. The molecule has 0 fully saturated rings. The van der Waals surface area contributed by atoms with Crippen molar-refractivity contribution in [3.05, 3.63) is 89.0 Å². The van der Waals surface area contributed by atoms with Crippen molar-refractivity contribution in [3.63, 3.8) is 0 Å². The van der Waals surface area contributed by atoms with Crippen LogP contribution in [0.4, 0.5) is 0 Å². The van der Waals surface area contributed by atoms with E-state index in [1.165, 1.54) is 0 Å². The highest BCUT2D eigenvalue weighted by Crippen LogP contribution is 2.58. The lowest BCUT2D eigenvalue weighted by Gasteiger charge is -2.36. The third-order valence-electron chi connectivity index (χ3n) is 6.83. The van der Waals surface area contributed by atoms with E-state index in [0.29, 0.717) is 17.9 Å². The van der Waals surface area contributed by atoms with E-state index >= 15 is 0 Å². The maximum absolute atomic E-state index is 12.9. The Balaban J connectivity index is 1.74. The molecule has 1 heterocycles. The summed E-state index contributed by atoms with van der Waals surface area (Å²) in [4.78, 5) is 12.9. The van der Waals surface area contributed by atoms with Gasteiger partial charge in [0.2, 0.25) is 6.79 Å². The van der Waals surface area contributed by atoms with E-state index in [9.17, 15) is 9.90 Å². The van der Waals surface area contributed by atoms with Crippen molar-refractivity contribution in [2.75, 3.05) is 13.9 Å². The molecular weight excluding hydrogens is 392 g/mol. The van der Waals surface area contributed by atoms with E-state index in [1.807, 2.05) is 54.6 Å². The smallest absolute Gasteiger partial charge is 0.308 e. The van der Waals surface area contributed by atoms with Gasteiger partial charge in [-0.3, -0.25) is 4.79 Å². The normalized spacial score (nSPS) is 23.4. The van der Waals surface area contributed by atoms with Crippen LogP contribution in [0.2, 0.25) is 0 Å². The number of ether oxygens (including phenoxy) is 3. The Morgan fingerprint density at radius 2 is 1.81 bits per heavy atom. The molecule has 5 rings (SSSR count). The molecule has 5 nitrogen and oxygen atoms in total. The molecule has 3 aromatic rings. The van der Waals surface area contributed by atoms with E-state index in [0.717, 1.165) is 28.0 Å². The molecule has 0 amide bonds. The zero-order chi connectivity index (χ0) is 21.6. The van der Waals surface area contributed by atoms with E-state index in [1.54, 1.807) is 7.11 Å². The molecule has 1 aliphatic carbocycles. The summed E-state index contributed by atoms with van der Waals surface area (Å²) in [5.74, 6) is 0.335. The van der Waals surface area contributed by atoms with Crippen molar-refractivity contribution in [2.24, 2.45) is 5.92 Å². The van der Waals surface area contributed by atoms with Crippen molar-refractivity contribution in [2.45, 2.75) is 24.7 Å². The van der Waals surface area contributed by atoms with Gasteiger partial charge in [-0.2, -0.15) is 0 Å².